The van der Waals surface area contributed by atoms with Gasteiger partial charge < -0.3 is 5.73 Å². The average Bonchev–Trinajstić information content (AvgIpc) is 2.21. The van der Waals surface area contributed by atoms with Crippen molar-refractivity contribution >= 4 is 27.4 Å². The molecular weight excluding hydrogens is 258 g/mol. The van der Waals surface area contributed by atoms with Crippen LogP contribution in [0.25, 0.3) is 0 Å². The minimum Gasteiger partial charge on any atom is -0.383 e. The first-order chi connectivity index (χ1) is 7.94. The quantitative estimate of drug-likeness (QED) is 0.619. The van der Waals surface area contributed by atoms with Crippen molar-refractivity contribution in [3.63, 3.8) is 0 Å². The SMILES string of the molecule is CCCc1c(N)ncnc1SCCS(C)(=O)=O. The molecular formula is C10H17N3O2S2. The van der Waals surface area contributed by atoms with Crippen LogP contribution in [0, 0.1) is 0 Å². The summed E-state index contributed by atoms with van der Waals surface area (Å²) in [5.41, 5.74) is 6.71. The zero-order valence-corrected chi connectivity index (χ0v) is 11.6. The van der Waals surface area contributed by atoms with E-state index in [-0.39, 0.29) is 5.75 Å². The van der Waals surface area contributed by atoms with Crippen LogP contribution in [0.2, 0.25) is 0 Å². The largest absolute Gasteiger partial charge is 0.383 e. The zero-order chi connectivity index (χ0) is 12.9. The van der Waals surface area contributed by atoms with E-state index in [0.29, 0.717) is 11.6 Å². The highest BCUT2D eigenvalue weighted by Gasteiger charge is 2.10. The Hall–Kier alpha value is -0.820. The van der Waals surface area contributed by atoms with E-state index in [4.69, 9.17) is 5.73 Å². The van der Waals surface area contributed by atoms with Crippen LogP contribution in [-0.2, 0) is 16.3 Å². The molecule has 0 aliphatic heterocycles. The number of rotatable bonds is 6. The molecule has 1 heterocycles. The van der Waals surface area contributed by atoms with Gasteiger partial charge in [0.25, 0.3) is 0 Å². The van der Waals surface area contributed by atoms with Crippen LogP contribution in [-0.4, -0.2) is 36.1 Å². The van der Waals surface area contributed by atoms with Crippen LogP contribution < -0.4 is 5.73 Å². The lowest BCUT2D eigenvalue weighted by atomic mass is 10.2. The van der Waals surface area contributed by atoms with Crippen molar-refractivity contribution in [3.05, 3.63) is 11.9 Å². The first-order valence-electron chi connectivity index (χ1n) is 5.34. The number of nitrogens with two attached hydrogens (primary N) is 1. The van der Waals surface area contributed by atoms with E-state index >= 15 is 0 Å². The molecule has 0 saturated carbocycles. The number of aromatic nitrogens is 2. The third-order valence-electron chi connectivity index (χ3n) is 2.13. The summed E-state index contributed by atoms with van der Waals surface area (Å²) in [5.74, 6) is 1.13. The molecule has 5 nitrogen and oxygen atoms in total. The lowest BCUT2D eigenvalue weighted by Gasteiger charge is -2.08. The Labute approximate surface area is 106 Å². The number of hydrogen-bond donors (Lipinski definition) is 1. The van der Waals surface area contributed by atoms with Crippen LogP contribution in [0.1, 0.15) is 18.9 Å². The Morgan fingerprint density at radius 3 is 2.71 bits per heavy atom. The van der Waals surface area contributed by atoms with E-state index in [2.05, 4.69) is 16.9 Å². The van der Waals surface area contributed by atoms with Crippen molar-refractivity contribution in [2.45, 2.75) is 24.8 Å². The summed E-state index contributed by atoms with van der Waals surface area (Å²) >= 11 is 1.42. The lowest BCUT2D eigenvalue weighted by molar-refractivity contribution is 0.603. The van der Waals surface area contributed by atoms with Gasteiger partial charge in [-0.25, -0.2) is 18.4 Å². The van der Waals surface area contributed by atoms with Crippen molar-refractivity contribution in [3.8, 4) is 0 Å². The van der Waals surface area contributed by atoms with Gasteiger partial charge in [-0.3, -0.25) is 0 Å². The Morgan fingerprint density at radius 2 is 2.12 bits per heavy atom. The van der Waals surface area contributed by atoms with Crippen LogP contribution in [0.4, 0.5) is 5.82 Å². The fourth-order valence-electron chi connectivity index (χ4n) is 1.31. The van der Waals surface area contributed by atoms with Gasteiger partial charge in [-0.05, 0) is 6.42 Å². The van der Waals surface area contributed by atoms with E-state index in [1.807, 2.05) is 0 Å². The first-order valence-corrected chi connectivity index (χ1v) is 8.38. The van der Waals surface area contributed by atoms with Crippen LogP contribution in [0.3, 0.4) is 0 Å². The fraction of sp³-hybridized carbons (Fsp3) is 0.600. The summed E-state index contributed by atoms with van der Waals surface area (Å²) in [6, 6.07) is 0. The number of thioether (sulfide) groups is 1. The van der Waals surface area contributed by atoms with E-state index in [1.54, 1.807) is 0 Å². The van der Waals surface area contributed by atoms with Crippen molar-refractivity contribution in [2.75, 3.05) is 23.5 Å². The highest BCUT2D eigenvalue weighted by Crippen LogP contribution is 2.24. The third kappa shape index (κ3) is 4.91. The summed E-state index contributed by atoms with van der Waals surface area (Å²) in [5, 5.41) is 0.794. The predicted octanol–water partition coefficient (Wildman–Crippen LogP) is 1.15. The smallest absolute Gasteiger partial charge is 0.148 e. The average molecular weight is 275 g/mol. The molecule has 0 saturated heterocycles. The molecule has 0 aromatic carbocycles. The van der Waals surface area contributed by atoms with E-state index in [0.717, 1.165) is 23.4 Å². The normalized spacial score (nSPS) is 11.6. The van der Waals surface area contributed by atoms with Crippen molar-refractivity contribution in [1.29, 1.82) is 0 Å². The van der Waals surface area contributed by atoms with Crippen LogP contribution in [0.15, 0.2) is 11.4 Å². The molecule has 96 valence electrons. The van der Waals surface area contributed by atoms with Gasteiger partial charge in [-0.2, -0.15) is 0 Å². The molecule has 0 bridgehead atoms. The van der Waals surface area contributed by atoms with Crippen molar-refractivity contribution < 1.29 is 8.42 Å². The second-order valence-corrected chi connectivity index (χ2v) is 7.11. The fourth-order valence-corrected chi connectivity index (χ4v) is 3.55. The number of sulfone groups is 1. The van der Waals surface area contributed by atoms with Gasteiger partial charge in [-0.15, -0.1) is 11.8 Å². The molecule has 0 aliphatic rings. The summed E-state index contributed by atoms with van der Waals surface area (Å²) < 4.78 is 22.1. The Kier molecular flexibility index (Phi) is 5.20. The maximum absolute atomic E-state index is 11.0. The minimum atomic E-state index is -2.93. The molecule has 1 aromatic heterocycles. The number of nitrogen functional groups attached to an aromatic ring is 1. The molecule has 0 amide bonds. The van der Waals surface area contributed by atoms with Gasteiger partial charge in [0.2, 0.25) is 0 Å². The topological polar surface area (TPSA) is 85.9 Å². The minimum absolute atomic E-state index is 0.146. The van der Waals surface area contributed by atoms with Gasteiger partial charge in [0.1, 0.15) is 27.0 Å². The summed E-state index contributed by atoms with van der Waals surface area (Å²) in [6.07, 6.45) is 4.41. The monoisotopic (exact) mass is 275 g/mol. The van der Waals surface area contributed by atoms with E-state index < -0.39 is 9.84 Å². The van der Waals surface area contributed by atoms with Gasteiger partial charge in [-0.1, -0.05) is 13.3 Å². The standard InChI is InChI=1S/C10H17N3O2S2/c1-3-4-8-9(11)12-7-13-10(8)16-5-6-17(2,14)15/h7H,3-6H2,1-2H3,(H2,11,12,13). The van der Waals surface area contributed by atoms with Gasteiger partial charge in [0.05, 0.1) is 5.75 Å². The van der Waals surface area contributed by atoms with Gasteiger partial charge >= 0.3 is 0 Å². The van der Waals surface area contributed by atoms with Gasteiger partial charge in [0.15, 0.2) is 0 Å². The maximum atomic E-state index is 11.0. The summed E-state index contributed by atoms with van der Waals surface area (Å²) in [6.45, 7) is 2.05. The second-order valence-electron chi connectivity index (χ2n) is 3.77. The number of anilines is 1. The molecule has 0 unspecified atom stereocenters. The van der Waals surface area contributed by atoms with Crippen molar-refractivity contribution in [2.24, 2.45) is 0 Å². The zero-order valence-electron chi connectivity index (χ0n) is 10.0. The van der Waals surface area contributed by atoms with Crippen molar-refractivity contribution in [1.82, 2.24) is 9.97 Å². The molecule has 2 N–H and O–H groups in total. The molecule has 0 aliphatic carbocycles. The molecule has 0 atom stereocenters. The second kappa shape index (κ2) is 6.20. The third-order valence-corrected chi connectivity index (χ3v) is 4.37. The molecule has 0 fully saturated rings. The number of nitrogens with zero attached hydrogens (tertiary/aromatic N) is 2. The van der Waals surface area contributed by atoms with Crippen LogP contribution in [0.5, 0.6) is 0 Å². The van der Waals surface area contributed by atoms with Gasteiger partial charge in [0, 0.05) is 17.6 Å². The summed E-state index contributed by atoms with van der Waals surface area (Å²) in [7, 11) is -2.93. The number of hydrogen-bond acceptors (Lipinski definition) is 6. The molecule has 17 heavy (non-hydrogen) atoms. The molecule has 7 heteroatoms. The van der Waals surface area contributed by atoms with E-state index in [9.17, 15) is 8.42 Å². The maximum Gasteiger partial charge on any atom is 0.148 e. The molecule has 0 spiro atoms. The Bertz CT molecular complexity index is 474. The van der Waals surface area contributed by atoms with Crippen LogP contribution >= 0.6 is 11.8 Å². The molecule has 1 aromatic rings. The van der Waals surface area contributed by atoms with E-state index in [1.165, 1.54) is 24.3 Å². The lowest BCUT2D eigenvalue weighted by Crippen LogP contribution is -2.07. The highest BCUT2D eigenvalue weighted by atomic mass is 32.2. The Morgan fingerprint density at radius 1 is 1.41 bits per heavy atom. The summed E-state index contributed by atoms with van der Waals surface area (Å²) in [4.78, 5) is 8.11. The highest BCUT2D eigenvalue weighted by molar-refractivity contribution is 8.00. The molecule has 1 rings (SSSR count). The predicted molar refractivity (Wildman–Crippen MR) is 70.9 cm³/mol. The first kappa shape index (κ1) is 14.2. The molecule has 0 radical (unpaired) electrons. The Balaban J connectivity index is 2.73.